The Balaban J connectivity index is 2.85. The second kappa shape index (κ2) is 12.5. The van der Waals surface area contributed by atoms with E-state index in [9.17, 15) is 0 Å². The summed E-state index contributed by atoms with van der Waals surface area (Å²) >= 11 is 0. The first-order valence-corrected chi connectivity index (χ1v) is 6.14. The van der Waals surface area contributed by atoms with Gasteiger partial charge in [-0.15, -0.1) is 0 Å². The monoisotopic (exact) mass is 198 g/mol. The highest BCUT2D eigenvalue weighted by Crippen LogP contribution is 2.08. The van der Waals surface area contributed by atoms with Gasteiger partial charge >= 0.3 is 0 Å². The Hall–Kier alpha value is -0.460. The second-order valence-corrected chi connectivity index (χ2v) is 3.82. The van der Waals surface area contributed by atoms with E-state index in [1.165, 1.54) is 51.4 Å². The summed E-state index contributed by atoms with van der Waals surface area (Å²) in [7, 11) is 0. The molecular formula is C13H26O. The van der Waals surface area contributed by atoms with Crippen LogP contribution in [0.4, 0.5) is 0 Å². The molecule has 0 N–H and O–H groups in total. The van der Waals surface area contributed by atoms with Crippen LogP contribution in [0.25, 0.3) is 0 Å². The van der Waals surface area contributed by atoms with Crippen molar-refractivity contribution < 1.29 is 4.74 Å². The molecule has 84 valence electrons. The fourth-order valence-corrected chi connectivity index (χ4v) is 1.48. The van der Waals surface area contributed by atoms with E-state index < -0.39 is 0 Å². The lowest BCUT2D eigenvalue weighted by atomic mass is 10.1. The zero-order chi connectivity index (χ0) is 10.5. The highest BCUT2D eigenvalue weighted by atomic mass is 16.5. The molecule has 0 atom stereocenters. The SMILES string of the molecule is C/C=C/OCCCCCCCCCC. The molecule has 14 heavy (non-hydrogen) atoms. The Morgan fingerprint density at radius 1 is 0.857 bits per heavy atom. The molecule has 0 bridgehead atoms. The highest BCUT2D eigenvalue weighted by Gasteiger charge is 1.90. The minimum absolute atomic E-state index is 0.888. The van der Waals surface area contributed by atoms with Crippen molar-refractivity contribution in [2.24, 2.45) is 0 Å². The smallest absolute Gasteiger partial charge is 0.0873 e. The number of hydrogen-bond acceptors (Lipinski definition) is 1. The summed E-state index contributed by atoms with van der Waals surface area (Å²) < 4.78 is 5.25. The van der Waals surface area contributed by atoms with Gasteiger partial charge in [0, 0.05) is 0 Å². The molecule has 0 fully saturated rings. The molecule has 0 heterocycles. The lowest BCUT2D eigenvalue weighted by Crippen LogP contribution is -1.87. The van der Waals surface area contributed by atoms with Gasteiger partial charge in [-0.25, -0.2) is 0 Å². The van der Waals surface area contributed by atoms with Crippen LogP contribution in [0.1, 0.15) is 65.2 Å². The van der Waals surface area contributed by atoms with Gasteiger partial charge in [-0.1, -0.05) is 57.9 Å². The van der Waals surface area contributed by atoms with Gasteiger partial charge in [0.05, 0.1) is 12.9 Å². The fourth-order valence-electron chi connectivity index (χ4n) is 1.48. The normalized spacial score (nSPS) is 11.0. The quantitative estimate of drug-likeness (QED) is 0.366. The second-order valence-electron chi connectivity index (χ2n) is 3.82. The number of allylic oxidation sites excluding steroid dienone is 1. The van der Waals surface area contributed by atoms with Crippen molar-refractivity contribution in [2.75, 3.05) is 6.61 Å². The number of hydrogen-bond donors (Lipinski definition) is 0. The summed E-state index contributed by atoms with van der Waals surface area (Å²) in [5, 5.41) is 0. The Labute approximate surface area is 89.5 Å². The first kappa shape index (κ1) is 13.5. The fraction of sp³-hybridized carbons (Fsp3) is 0.846. The molecule has 0 saturated carbocycles. The van der Waals surface area contributed by atoms with Crippen LogP contribution < -0.4 is 0 Å². The van der Waals surface area contributed by atoms with Crippen molar-refractivity contribution in [1.82, 2.24) is 0 Å². The third-order valence-electron chi connectivity index (χ3n) is 2.35. The van der Waals surface area contributed by atoms with E-state index in [0.29, 0.717) is 0 Å². The summed E-state index contributed by atoms with van der Waals surface area (Å²) in [5.41, 5.74) is 0. The van der Waals surface area contributed by atoms with E-state index in [4.69, 9.17) is 4.74 Å². The van der Waals surface area contributed by atoms with Crippen LogP contribution in [-0.4, -0.2) is 6.61 Å². The molecule has 0 rings (SSSR count). The van der Waals surface area contributed by atoms with Gasteiger partial charge in [0.2, 0.25) is 0 Å². The van der Waals surface area contributed by atoms with Crippen LogP contribution in [0.5, 0.6) is 0 Å². The van der Waals surface area contributed by atoms with Gasteiger partial charge in [0.1, 0.15) is 0 Å². The van der Waals surface area contributed by atoms with Gasteiger partial charge < -0.3 is 4.74 Å². The van der Waals surface area contributed by atoms with E-state index in [0.717, 1.165) is 6.61 Å². The number of unbranched alkanes of at least 4 members (excludes halogenated alkanes) is 7. The van der Waals surface area contributed by atoms with Gasteiger partial charge in [-0.05, 0) is 13.3 Å². The van der Waals surface area contributed by atoms with Crippen LogP contribution in [0, 0.1) is 0 Å². The summed E-state index contributed by atoms with van der Waals surface area (Å²) in [4.78, 5) is 0. The summed E-state index contributed by atoms with van der Waals surface area (Å²) in [6.07, 6.45) is 14.6. The summed E-state index contributed by atoms with van der Waals surface area (Å²) in [6, 6.07) is 0. The number of ether oxygens (including phenoxy) is 1. The van der Waals surface area contributed by atoms with Gasteiger partial charge in [-0.3, -0.25) is 0 Å². The predicted octanol–water partition coefficient (Wildman–Crippen LogP) is 4.68. The van der Waals surface area contributed by atoms with E-state index in [-0.39, 0.29) is 0 Å². The Bertz CT molecular complexity index is 118. The molecule has 0 saturated heterocycles. The van der Waals surface area contributed by atoms with Crippen molar-refractivity contribution in [3.05, 3.63) is 12.3 Å². The lowest BCUT2D eigenvalue weighted by Gasteiger charge is -2.01. The lowest BCUT2D eigenvalue weighted by molar-refractivity contribution is 0.240. The van der Waals surface area contributed by atoms with E-state index in [2.05, 4.69) is 6.92 Å². The van der Waals surface area contributed by atoms with Crippen LogP contribution in [0.15, 0.2) is 12.3 Å². The Kier molecular flexibility index (Phi) is 12.1. The molecule has 0 amide bonds. The first-order valence-electron chi connectivity index (χ1n) is 6.14. The zero-order valence-electron chi connectivity index (χ0n) is 9.93. The van der Waals surface area contributed by atoms with Crippen molar-refractivity contribution in [1.29, 1.82) is 0 Å². The van der Waals surface area contributed by atoms with E-state index in [1.807, 2.05) is 13.0 Å². The maximum atomic E-state index is 5.25. The molecule has 0 unspecified atom stereocenters. The third kappa shape index (κ3) is 11.5. The predicted molar refractivity (Wildman–Crippen MR) is 63.4 cm³/mol. The molecular weight excluding hydrogens is 172 g/mol. The van der Waals surface area contributed by atoms with Crippen LogP contribution >= 0.6 is 0 Å². The Morgan fingerprint density at radius 3 is 2.00 bits per heavy atom. The maximum Gasteiger partial charge on any atom is 0.0873 e. The molecule has 1 nitrogen and oxygen atoms in total. The van der Waals surface area contributed by atoms with Crippen LogP contribution in [-0.2, 0) is 4.74 Å². The minimum atomic E-state index is 0.888. The molecule has 0 aliphatic carbocycles. The van der Waals surface area contributed by atoms with Crippen molar-refractivity contribution in [3.8, 4) is 0 Å². The van der Waals surface area contributed by atoms with E-state index in [1.54, 1.807) is 6.26 Å². The molecule has 0 aromatic rings. The summed E-state index contributed by atoms with van der Waals surface area (Å²) in [5.74, 6) is 0. The molecule has 0 aromatic heterocycles. The topological polar surface area (TPSA) is 9.23 Å². The van der Waals surface area contributed by atoms with Gasteiger partial charge in [0.15, 0.2) is 0 Å². The molecule has 0 spiro atoms. The van der Waals surface area contributed by atoms with Crippen LogP contribution in [0.3, 0.4) is 0 Å². The van der Waals surface area contributed by atoms with Crippen molar-refractivity contribution in [3.63, 3.8) is 0 Å². The maximum absolute atomic E-state index is 5.25. The minimum Gasteiger partial charge on any atom is -0.502 e. The average Bonchev–Trinajstić information content (AvgIpc) is 2.21. The zero-order valence-corrected chi connectivity index (χ0v) is 9.93. The molecule has 0 aliphatic rings. The Morgan fingerprint density at radius 2 is 1.43 bits per heavy atom. The molecule has 1 heteroatoms. The van der Waals surface area contributed by atoms with E-state index >= 15 is 0 Å². The van der Waals surface area contributed by atoms with Crippen LogP contribution in [0.2, 0.25) is 0 Å². The summed E-state index contributed by atoms with van der Waals surface area (Å²) in [6.45, 7) is 5.13. The van der Waals surface area contributed by atoms with Crippen molar-refractivity contribution in [2.45, 2.75) is 65.2 Å². The van der Waals surface area contributed by atoms with Gasteiger partial charge in [0.25, 0.3) is 0 Å². The van der Waals surface area contributed by atoms with Gasteiger partial charge in [-0.2, -0.15) is 0 Å². The number of rotatable bonds is 10. The molecule has 0 radical (unpaired) electrons. The highest BCUT2D eigenvalue weighted by molar-refractivity contribution is 4.64. The molecule has 0 aromatic carbocycles. The van der Waals surface area contributed by atoms with Crippen molar-refractivity contribution >= 4 is 0 Å². The standard InChI is InChI=1S/C13H26O/c1-3-5-6-7-8-9-10-11-13-14-12-4-2/h4,12H,3,5-11,13H2,1-2H3/b12-4+. The average molecular weight is 198 g/mol. The third-order valence-corrected chi connectivity index (χ3v) is 2.35. The first-order chi connectivity index (χ1) is 6.91. The molecule has 0 aliphatic heterocycles. The largest absolute Gasteiger partial charge is 0.502 e.